The largest absolute Gasteiger partial charge is 0.365 e. The van der Waals surface area contributed by atoms with Crippen LogP contribution in [0.25, 0.3) is 0 Å². The Kier molecular flexibility index (Phi) is 5.69. The van der Waals surface area contributed by atoms with Crippen LogP contribution in [0.5, 0.6) is 0 Å². The molecule has 0 saturated carbocycles. The minimum absolute atomic E-state index is 0.0586. The van der Waals surface area contributed by atoms with Gasteiger partial charge in [-0.25, -0.2) is 8.78 Å². The Labute approximate surface area is 144 Å². The first kappa shape index (κ1) is 18.4. The Hall–Kier alpha value is -2.96. The van der Waals surface area contributed by atoms with Gasteiger partial charge in [-0.2, -0.15) is 0 Å². The molecule has 7 heteroatoms. The van der Waals surface area contributed by atoms with Crippen molar-refractivity contribution in [2.45, 2.75) is 0 Å². The van der Waals surface area contributed by atoms with Crippen LogP contribution >= 0.6 is 0 Å². The van der Waals surface area contributed by atoms with Crippen LogP contribution in [0.15, 0.2) is 42.5 Å². The predicted octanol–water partition coefficient (Wildman–Crippen LogP) is 2.74. The second kappa shape index (κ2) is 7.74. The summed E-state index contributed by atoms with van der Waals surface area (Å²) in [5.41, 5.74) is 1.32. The molecule has 25 heavy (non-hydrogen) atoms. The number of likely N-dealkylation sites (N-methyl/N-ethyl adjacent to an activating group) is 1. The van der Waals surface area contributed by atoms with Gasteiger partial charge in [0.25, 0.3) is 5.91 Å². The van der Waals surface area contributed by atoms with Crippen molar-refractivity contribution in [1.29, 1.82) is 0 Å². The predicted molar refractivity (Wildman–Crippen MR) is 92.7 cm³/mol. The lowest BCUT2D eigenvalue weighted by atomic mass is 10.2. The molecule has 0 unspecified atom stereocenters. The van der Waals surface area contributed by atoms with Crippen molar-refractivity contribution in [3.8, 4) is 0 Å². The molecule has 0 aliphatic rings. The second-order valence-electron chi connectivity index (χ2n) is 5.78. The monoisotopic (exact) mass is 347 g/mol. The number of carbonyl (C=O) groups is 2. The zero-order valence-corrected chi connectivity index (χ0v) is 14.2. The van der Waals surface area contributed by atoms with E-state index in [1.54, 1.807) is 45.4 Å². The zero-order valence-electron chi connectivity index (χ0n) is 14.2. The maximum atomic E-state index is 13.3. The number of hydrogen-bond donors (Lipinski definition) is 1. The number of halogens is 2. The number of amides is 2. The van der Waals surface area contributed by atoms with Crippen LogP contribution in [0.2, 0.25) is 0 Å². The first-order valence-corrected chi connectivity index (χ1v) is 7.55. The van der Waals surface area contributed by atoms with Crippen LogP contribution in [0.4, 0.5) is 20.2 Å². The van der Waals surface area contributed by atoms with Gasteiger partial charge in [-0.3, -0.25) is 9.59 Å². The Morgan fingerprint density at radius 2 is 1.72 bits per heavy atom. The summed E-state index contributed by atoms with van der Waals surface area (Å²) in [7, 11) is 4.88. The van der Waals surface area contributed by atoms with E-state index in [9.17, 15) is 18.4 Å². The third kappa shape index (κ3) is 4.76. The van der Waals surface area contributed by atoms with Gasteiger partial charge < -0.3 is 15.1 Å². The number of nitrogens with one attached hydrogen (secondary N) is 1. The molecule has 132 valence electrons. The molecule has 2 rings (SSSR count). The van der Waals surface area contributed by atoms with Gasteiger partial charge in [0.05, 0.1) is 6.54 Å². The van der Waals surface area contributed by atoms with E-state index in [2.05, 4.69) is 5.32 Å². The van der Waals surface area contributed by atoms with Gasteiger partial charge in [0.15, 0.2) is 11.6 Å². The summed E-state index contributed by atoms with van der Waals surface area (Å²) in [6.07, 6.45) is 0. The van der Waals surface area contributed by atoms with E-state index in [1.165, 1.54) is 15.9 Å². The number of nitrogens with zero attached hydrogens (tertiary/aromatic N) is 2. The van der Waals surface area contributed by atoms with Crippen LogP contribution in [-0.2, 0) is 4.79 Å². The lowest BCUT2D eigenvalue weighted by molar-refractivity contribution is -0.114. The zero-order chi connectivity index (χ0) is 18.6. The van der Waals surface area contributed by atoms with Gasteiger partial charge in [0.2, 0.25) is 5.91 Å². The van der Waals surface area contributed by atoms with E-state index >= 15 is 0 Å². The summed E-state index contributed by atoms with van der Waals surface area (Å²) < 4.78 is 26.2. The molecular formula is C18H19F2N3O2. The smallest absolute Gasteiger partial charge is 0.253 e. The summed E-state index contributed by atoms with van der Waals surface area (Å²) in [4.78, 5) is 27.0. The normalized spacial score (nSPS) is 10.3. The number of anilines is 2. The van der Waals surface area contributed by atoms with Gasteiger partial charge in [-0.05, 0) is 30.3 Å². The van der Waals surface area contributed by atoms with Crippen LogP contribution in [0, 0.1) is 11.6 Å². The fourth-order valence-electron chi connectivity index (χ4n) is 2.22. The topological polar surface area (TPSA) is 52.7 Å². The maximum Gasteiger partial charge on any atom is 0.253 e. The molecule has 0 aromatic heterocycles. The first-order valence-electron chi connectivity index (χ1n) is 7.55. The molecule has 0 fully saturated rings. The SMILES string of the molecule is CN(C)C(=O)c1cccc(NC(=O)CN(C)c2ccc(F)c(F)c2)c1. The van der Waals surface area contributed by atoms with Gasteiger partial charge in [0.1, 0.15) is 0 Å². The Morgan fingerprint density at radius 1 is 1.00 bits per heavy atom. The molecule has 2 aromatic carbocycles. The lowest BCUT2D eigenvalue weighted by Crippen LogP contribution is -2.30. The molecule has 2 aromatic rings. The standard InChI is InChI=1S/C18H19F2N3O2/c1-22(2)18(25)12-5-4-6-13(9-12)21-17(24)11-23(3)14-7-8-15(19)16(20)10-14/h4-10H,11H2,1-3H3,(H,21,24). The third-order valence-corrected chi connectivity index (χ3v) is 3.52. The molecule has 0 spiro atoms. The molecule has 1 N–H and O–H groups in total. The van der Waals surface area contributed by atoms with Crippen molar-refractivity contribution >= 4 is 23.2 Å². The van der Waals surface area contributed by atoms with Crippen molar-refractivity contribution < 1.29 is 18.4 Å². The first-order chi connectivity index (χ1) is 11.8. The van der Waals surface area contributed by atoms with Crippen molar-refractivity contribution in [3.63, 3.8) is 0 Å². The van der Waals surface area contributed by atoms with Crippen molar-refractivity contribution in [3.05, 3.63) is 59.7 Å². The van der Waals surface area contributed by atoms with Crippen molar-refractivity contribution in [2.75, 3.05) is 37.9 Å². The lowest BCUT2D eigenvalue weighted by Gasteiger charge is -2.19. The Balaban J connectivity index is 2.03. The quantitative estimate of drug-likeness (QED) is 0.905. The van der Waals surface area contributed by atoms with Gasteiger partial charge in [-0.15, -0.1) is 0 Å². The van der Waals surface area contributed by atoms with Gasteiger partial charge in [0, 0.05) is 44.1 Å². The molecule has 0 aliphatic carbocycles. The third-order valence-electron chi connectivity index (χ3n) is 3.52. The molecule has 0 radical (unpaired) electrons. The van der Waals surface area contributed by atoms with Crippen molar-refractivity contribution in [1.82, 2.24) is 4.90 Å². The van der Waals surface area contributed by atoms with E-state index in [0.29, 0.717) is 16.9 Å². The summed E-state index contributed by atoms with van der Waals surface area (Å²) in [5.74, 6) is -2.43. The highest BCUT2D eigenvalue weighted by atomic mass is 19.2. The number of hydrogen-bond acceptors (Lipinski definition) is 3. The molecule has 0 atom stereocenters. The number of rotatable bonds is 5. The van der Waals surface area contributed by atoms with Crippen LogP contribution in [-0.4, -0.2) is 44.4 Å². The van der Waals surface area contributed by atoms with E-state index < -0.39 is 11.6 Å². The van der Waals surface area contributed by atoms with Crippen LogP contribution < -0.4 is 10.2 Å². The highest BCUT2D eigenvalue weighted by Gasteiger charge is 2.12. The van der Waals surface area contributed by atoms with Crippen LogP contribution in [0.3, 0.4) is 0 Å². The van der Waals surface area contributed by atoms with Gasteiger partial charge >= 0.3 is 0 Å². The van der Waals surface area contributed by atoms with E-state index in [-0.39, 0.29) is 18.4 Å². The van der Waals surface area contributed by atoms with E-state index in [1.807, 2.05) is 0 Å². The number of benzene rings is 2. The highest BCUT2D eigenvalue weighted by molar-refractivity contribution is 5.98. The summed E-state index contributed by atoms with van der Waals surface area (Å²) in [6.45, 7) is -0.0586. The minimum atomic E-state index is -0.973. The fourth-order valence-corrected chi connectivity index (χ4v) is 2.22. The molecule has 0 bridgehead atoms. The Bertz CT molecular complexity index is 794. The number of carbonyl (C=O) groups excluding carboxylic acids is 2. The fraction of sp³-hybridized carbons (Fsp3) is 0.222. The Morgan fingerprint density at radius 3 is 2.36 bits per heavy atom. The van der Waals surface area contributed by atoms with Gasteiger partial charge in [-0.1, -0.05) is 6.07 Å². The summed E-state index contributed by atoms with van der Waals surface area (Å²) in [5, 5.41) is 2.68. The summed E-state index contributed by atoms with van der Waals surface area (Å²) in [6, 6.07) is 10.0. The van der Waals surface area contributed by atoms with Crippen molar-refractivity contribution in [2.24, 2.45) is 0 Å². The average Bonchev–Trinajstić information content (AvgIpc) is 2.56. The molecular weight excluding hydrogens is 328 g/mol. The molecule has 0 aliphatic heterocycles. The molecule has 0 heterocycles. The van der Waals surface area contributed by atoms with E-state index in [0.717, 1.165) is 12.1 Å². The maximum absolute atomic E-state index is 13.3. The summed E-state index contributed by atoms with van der Waals surface area (Å²) >= 11 is 0. The van der Waals surface area contributed by atoms with E-state index in [4.69, 9.17) is 0 Å². The molecule has 2 amide bonds. The van der Waals surface area contributed by atoms with Crippen LogP contribution in [0.1, 0.15) is 10.4 Å². The second-order valence-corrected chi connectivity index (χ2v) is 5.78. The molecule has 5 nitrogen and oxygen atoms in total. The average molecular weight is 347 g/mol. The molecule has 0 saturated heterocycles. The highest BCUT2D eigenvalue weighted by Crippen LogP contribution is 2.17. The minimum Gasteiger partial charge on any atom is -0.365 e.